The van der Waals surface area contributed by atoms with Gasteiger partial charge in [-0.15, -0.1) is 0 Å². The van der Waals surface area contributed by atoms with Crippen LogP contribution in [-0.2, 0) is 11.3 Å². The van der Waals surface area contributed by atoms with Gasteiger partial charge in [-0.2, -0.15) is 0 Å². The highest BCUT2D eigenvalue weighted by molar-refractivity contribution is 5.22. The molecule has 0 radical (unpaired) electrons. The molecule has 3 nitrogen and oxygen atoms in total. The van der Waals surface area contributed by atoms with E-state index in [0.717, 1.165) is 26.1 Å². The molecule has 0 aliphatic carbocycles. The molecule has 0 bridgehead atoms. The Hall–Kier alpha value is -0.900. The van der Waals surface area contributed by atoms with Crippen LogP contribution in [0.2, 0.25) is 0 Å². The van der Waals surface area contributed by atoms with Crippen LogP contribution in [0, 0.1) is 6.92 Å². The van der Waals surface area contributed by atoms with E-state index in [-0.39, 0.29) is 0 Å². The van der Waals surface area contributed by atoms with Crippen LogP contribution in [0.4, 0.5) is 0 Å². The molecule has 100 valence electrons. The third-order valence-corrected chi connectivity index (χ3v) is 3.58. The predicted octanol–water partition coefficient (Wildman–Crippen LogP) is 1.80. The van der Waals surface area contributed by atoms with Gasteiger partial charge in [0.15, 0.2) is 0 Å². The first-order valence-electron chi connectivity index (χ1n) is 6.67. The third kappa shape index (κ3) is 3.80. The summed E-state index contributed by atoms with van der Waals surface area (Å²) in [6.07, 6.45) is 1.51. The van der Waals surface area contributed by atoms with Crippen LogP contribution in [0.5, 0.6) is 0 Å². The van der Waals surface area contributed by atoms with Crippen molar-refractivity contribution >= 4 is 0 Å². The Morgan fingerprint density at radius 1 is 1.44 bits per heavy atom. The molecule has 3 heteroatoms. The van der Waals surface area contributed by atoms with Gasteiger partial charge in [0, 0.05) is 32.8 Å². The van der Waals surface area contributed by atoms with Crippen molar-refractivity contribution in [3.63, 3.8) is 0 Å². The monoisotopic (exact) mass is 248 g/mol. The fourth-order valence-corrected chi connectivity index (χ4v) is 2.66. The van der Waals surface area contributed by atoms with Crippen molar-refractivity contribution in [3.05, 3.63) is 35.4 Å². The van der Waals surface area contributed by atoms with Gasteiger partial charge in [-0.1, -0.05) is 29.8 Å². The Kier molecular flexibility index (Phi) is 4.75. The van der Waals surface area contributed by atoms with Crippen molar-refractivity contribution in [3.8, 4) is 0 Å². The minimum absolute atomic E-state index is 0.391. The van der Waals surface area contributed by atoms with Gasteiger partial charge in [0.2, 0.25) is 0 Å². The van der Waals surface area contributed by atoms with Crippen molar-refractivity contribution in [2.24, 2.45) is 0 Å². The fraction of sp³-hybridized carbons (Fsp3) is 0.600. The standard InChI is InChI=1S/C15H24N2O/c1-12-5-4-6-13(7-12)10-17(2)11-14-8-15(18-3)9-16-14/h4-7,14-16H,8-11H2,1-3H3. The zero-order valence-electron chi connectivity index (χ0n) is 11.6. The number of aryl methyl sites for hydroxylation is 1. The average Bonchev–Trinajstić information content (AvgIpc) is 2.76. The molecule has 1 aliphatic heterocycles. The van der Waals surface area contributed by atoms with Crippen LogP contribution in [0.15, 0.2) is 24.3 Å². The first-order chi connectivity index (χ1) is 8.67. The van der Waals surface area contributed by atoms with E-state index < -0.39 is 0 Å². The molecular weight excluding hydrogens is 224 g/mol. The van der Waals surface area contributed by atoms with Crippen LogP contribution in [-0.4, -0.2) is 44.3 Å². The molecule has 0 amide bonds. The number of benzene rings is 1. The largest absolute Gasteiger partial charge is 0.380 e. The minimum atomic E-state index is 0.391. The highest BCUT2D eigenvalue weighted by Gasteiger charge is 2.24. The lowest BCUT2D eigenvalue weighted by Gasteiger charge is -2.21. The quantitative estimate of drug-likeness (QED) is 0.860. The maximum absolute atomic E-state index is 5.38. The number of hydrogen-bond donors (Lipinski definition) is 1. The molecule has 18 heavy (non-hydrogen) atoms. The van der Waals surface area contributed by atoms with Crippen LogP contribution < -0.4 is 5.32 Å². The van der Waals surface area contributed by atoms with Crippen molar-refractivity contribution in [2.75, 3.05) is 27.2 Å². The summed E-state index contributed by atoms with van der Waals surface area (Å²) >= 11 is 0. The van der Waals surface area contributed by atoms with E-state index in [2.05, 4.69) is 48.5 Å². The predicted molar refractivity (Wildman–Crippen MR) is 74.7 cm³/mol. The van der Waals surface area contributed by atoms with E-state index in [1.54, 1.807) is 7.11 Å². The Bertz CT molecular complexity index is 381. The van der Waals surface area contributed by atoms with Crippen molar-refractivity contribution in [2.45, 2.75) is 32.0 Å². The number of nitrogens with zero attached hydrogens (tertiary/aromatic N) is 1. The number of nitrogens with one attached hydrogen (secondary N) is 1. The summed E-state index contributed by atoms with van der Waals surface area (Å²) in [5, 5.41) is 3.52. The number of likely N-dealkylation sites (N-methyl/N-ethyl adjacent to an activating group) is 1. The molecular formula is C15H24N2O. The zero-order chi connectivity index (χ0) is 13.0. The third-order valence-electron chi connectivity index (χ3n) is 3.58. The number of rotatable bonds is 5. The number of methoxy groups -OCH3 is 1. The SMILES string of the molecule is COC1CNC(CN(C)Cc2cccc(C)c2)C1. The van der Waals surface area contributed by atoms with Gasteiger partial charge in [0.25, 0.3) is 0 Å². The minimum Gasteiger partial charge on any atom is -0.380 e. The van der Waals surface area contributed by atoms with Crippen LogP contribution in [0.3, 0.4) is 0 Å². The Balaban J connectivity index is 1.80. The van der Waals surface area contributed by atoms with Gasteiger partial charge in [-0.25, -0.2) is 0 Å². The summed E-state index contributed by atoms with van der Waals surface area (Å²) in [6, 6.07) is 9.29. The van der Waals surface area contributed by atoms with Crippen LogP contribution in [0.25, 0.3) is 0 Å². The molecule has 1 heterocycles. The molecule has 2 rings (SSSR count). The van der Waals surface area contributed by atoms with E-state index in [1.807, 2.05) is 0 Å². The van der Waals surface area contributed by atoms with E-state index in [1.165, 1.54) is 11.1 Å². The molecule has 1 aromatic carbocycles. The Labute approximate surface area is 110 Å². The molecule has 2 atom stereocenters. The lowest BCUT2D eigenvalue weighted by molar-refractivity contribution is 0.116. The highest BCUT2D eigenvalue weighted by Crippen LogP contribution is 2.12. The zero-order valence-corrected chi connectivity index (χ0v) is 11.6. The molecule has 0 aromatic heterocycles. The van der Waals surface area contributed by atoms with Crippen LogP contribution >= 0.6 is 0 Å². The first kappa shape index (κ1) is 13.5. The van der Waals surface area contributed by atoms with Crippen molar-refractivity contribution < 1.29 is 4.74 Å². The van der Waals surface area contributed by atoms with E-state index in [9.17, 15) is 0 Å². The summed E-state index contributed by atoms with van der Waals surface area (Å²) in [7, 11) is 3.98. The van der Waals surface area contributed by atoms with E-state index in [4.69, 9.17) is 4.74 Å². The second-order valence-electron chi connectivity index (χ2n) is 5.38. The molecule has 0 saturated carbocycles. The summed E-state index contributed by atoms with van der Waals surface area (Å²) in [4.78, 5) is 2.38. The topological polar surface area (TPSA) is 24.5 Å². The Morgan fingerprint density at radius 3 is 2.94 bits per heavy atom. The van der Waals surface area contributed by atoms with Gasteiger partial charge < -0.3 is 15.0 Å². The second kappa shape index (κ2) is 6.32. The molecule has 1 N–H and O–H groups in total. The summed E-state index contributed by atoms with van der Waals surface area (Å²) in [5.74, 6) is 0. The smallest absolute Gasteiger partial charge is 0.0711 e. The maximum atomic E-state index is 5.38. The van der Waals surface area contributed by atoms with Gasteiger partial charge in [-0.3, -0.25) is 0 Å². The lowest BCUT2D eigenvalue weighted by Crippen LogP contribution is -2.34. The average molecular weight is 248 g/mol. The van der Waals surface area contributed by atoms with Crippen molar-refractivity contribution in [1.82, 2.24) is 10.2 Å². The molecule has 1 aliphatic rings. The molecule has 1 saturated heterocycles. The van der Waals surface area contributed by atoms with Crippen molar-refractivity contribution in [1.29, 1.82) is 0 Å². The van der Waals surface area contributed by atoms with E-state index in [0.29, 0.717) is 12.1 Å². The highest BCUT2D eigenvalue weighted by atomic mass is 16.5. The molecule has 2 unspecified atom stereocenters. The molecule has 1 fully saturated rings. The van der Waals surface area contributed by atoms with E-state index >= 15 is 0 Å². The molecule has 1 aromatic rings. The van der Waals surface area contributed by atoms with Gasteiger partial charge in [0.05, 0.1) is 6.10 Å². The molecule has 0 spiro atoms. The summed E-state index contributed by atoms with van der Waals surface area (Å²) in [5.41, 5.74) is 2.72. The van der Waals surface area contributed by atoms with Gasteiger partial charge >= 0.3 is 0 Å². The number of ether oxygens (including phenoxy) is 1. The van der Waals surface area contributed by atoms with Gasteiger partial charge in [-0.05, 0) is 26.0 Å². The summed E-state index contributed by atoms with van der Waals surface area (Å²) in [6.45, 7) is 5.22. The summed E-state index contributed by atoms with van der Waals surface area (Å²) < 4.78 is 5.38. The second-order valence-corrected chi connectivity index (χ2v) is 5.38. The van der Waals surface area contributed by atoms with Crippen LogP contribution in [0.1, 0.15) is 17.5 Å². The first-order valence-corrected chi connectivity index (χ1v) is 6.67. The number of hydrogen-bond acceptors (Lipinski definition) is 3. The lowest BCUT2D eigenvalue weighted by atomic mass is 10.1. The fourth-order valence-electron chi connectivity index (χ4n) is 2.66. The normalized spacial score (nSPS) is 23.8. The Morgan fingerprint density at radius 2 is 2.28 bits per heavy atom. The van der Waals surface area contributed by atoms with Gasteiger partial charge in [0.1, 0.15) is 0 Å². The maximum Gasteiger partial charge on any atom is 0.0711 e.